The number of carbonyl (C=O) groups is 1. The second-order valence-electron chi connectivity index (χ2n) is 6.75. The molecule has 3 aromatic carbocycles. The van der Waals surface area contributed by atoms with E-state index in [0.29, 0.717) is 17.3 Å². The van der Waals surface area contributed by atoms with Crippen molar-refractivity contribution in [1.29, 1.82) is 0 Å². The van der Waals surface area contributed by atoms with Gasteiger partial charge in [0.2, 0.25) is 5.91 Å². The van der Waals surface area contributed by atoms with Gasteiger partial charge >= 0.3 is 0 Å². The molecule has 0 aliphatic heterocycles. The number of rotatable bonds is 10. The summed E-state index contributed by atoms with van der Waals surface area (Å²) in [5.74, 6) is 0.0352. The highest BCUT2D eigenvalue weighted by atomic mass is 35.5. The summed E-state index contributed by atoms with van der Waals surface area (Å²) in [5.41, 5.74) is -0.251. The summed E-state index contributed by atoms with van der Waals surface area (Å²) in [5, 5.41) is 14.5. The monoisotopic (exact) mass is 505 g/mol. The number of benzene rings is 3. The number of halogens is 1. The average molecular weight is 506 g/mol. The Bertz CT molecular complexity index is 1220. The number of nitrogens with zero attached hydrogens (tertiary/aromatic N) is 2. The van der Waals surface area contributed by atoms with Crippen LogP contribution in [0.5, 0.6) is 0 Å². The molecule has 0 spiro atoms. The van der Waals surface area contributed by atoms with Crippen LogP contribution >= 0.6 is 23.4 Å². The zero-order valence-electron chi connectivity index (χ0n) is 17.3. The largest absolute Gasteiger partial charge is 0.354 e. The average Bonchev–Trinajstić information content (AvgIpc) is 2.82. The summed E-state index contributed by atoms with van der Waals surface area (Å²) < 4.78 is 27.4. The summed E-state index contributed by atoms with van der Waals surface area (Å²) in [7, 11) is -4.14. The minimum Gasteiger partial charge on any atom is -0.354 e. The molecule has 0 heterocycles. The highest BCUT2D eigenvalue weighted by Crippen LogP contribution is 2.27. The number of amides is 1. The Labute approximate surface area is 200 Å². The van der Waals surface area contributed by atoms with Gasteiger partial charge in [-0.15, -0.1) is 11.8 Å². The number of non-ortho nitro benzene ring substituents is 1. The zero-order chi connectivity index (χ0) is 23.8. The van der Waals surface area contributed by atoms with E-state index in [0.717, 1.165) is 15.3 Å². The molecule has 0 aliphatic rings. The smallest absolute Gasteiger partial charge is 0.271 e. The lowest BCUT2D eigenvalue weighted by Gasteiger charge is -2.24. The third kappa shape index (κ3) is 6.70. The normalized spacial score (nSPS) is 11.1. The van der Waals surface area contributed by atoms with Gasteiger partial charge in [0.15, 0.2) is 0 Å². The molecular weight excluding hydrogens is 486 g/mol. The van der Waals surface area contributed by atoms with Crippen LogP contribution in [0.15, 0.2) is 88.7 Å². The van der Waals surface area contributed by atoms with Crippen molar-refractivity contribution in [3.05, 3.63) is 94.0 Å². The summed E-state index contributed by atoms with van der Waals surface area (Å²) in [6.07, 6.45) is 0. The van der Waals surface area contributed by atoms with Gasteiger partial charge < -0.3 is 5.32 Å². The molecule has 1 amide bonds. The van der Waals surface area contributed by atoms with Gasteiger partial charge in [-0.3, -0.25) is 19.2 Å². The van der Waals surface area contributed by atoms with Crippen LogP contribution in [0.4, 0.5) is 11.4 Å². The fraction of sp³-hybridized carbons (Fsp3) is 0.136. The molecule has 8 nitrogen and oxygen atoms in total. The first-order chi connectivity index (χ1) is 15.8. The Morgan fingerprint density at radius 1 is 1.03 bits per heavy atom. The number of nitro benzene ring substituents is 1. The first-order valence-electron chi connectivity index (χ1n) is 9.75. The number of nitro groups is 1. The molecular formula is C22H20ClN3O5S2. The maximum Gasteiger partial charge on any atom is 0.271 e. The highest BCUT2D eigenvalue weighted by Gasteiger charge is 2.28. The maximum absolute atomic E-state index is 13.3. The number of carbonyl (C=O) groups excluding carboxylic acids is 1. The number of hydrogen-bond donors (Lipinski definition) is 1. The topological polar surface area (TPSA) is 110 Å². The van der Waals surface area contributed by atoms with E-state index in [1.807, 2.05) is 12.1 Å². The van der Waals surface area contributed by atoms with Crippen LogP contribution in [0.3, 0.4) is 0 Å². The van der Waals surface area contributed by atoms with Gasteiger partial charge in [0, 0.05) is 34.3 Å². The molecule has 0 aliphatic carbocycles. The number of thioether (sulfide) groups is 1. The zero-order valence-corrected chi connectivity index (χ0v) is 19.6. The van der Waals surface area contributed by atoms with E-state index >= 15 is 0 Å². The second-order valence-corrected chi connectivity index (χ2v) is 10.2. The molecule has 3 aromatic rings. The van der Waals surface area contributed by atoms with Gasteiger partial charge in [-0.05, 0) is 42.5 Å². The van der Waals surface area contributed by atoms with E-state index in [2.05, 4.69) is 5.32 Å². The lowest BCUT2D eigenvalue weighted by Crippen LogP contribution is -2.41. The number of sulfonamides is 1. The molecule has 33 heavy (non-hydrogen) atoms. The summed E-state index contributed by atoms with van der Waals surface area (Å²) in [6, 6.07) is 20.0. The van der Waals surface area contributed by atoms with Crippen LogP contribution < -0.4 is 9.62 Å². The van der Waals surface area contributed by atoms with Crippen molar-refractivity contribution in [2.45, 2.75) is 9.79 Å². The lowest BCUT2D eigenvalue weighted by atomic mass is 10.3. The van der Waals surface area contributed by atoms with E-state index in [-0.39, 0.29) is 16.3 Å². The Morgan fingerprint density at radius 3 is 2.39 bits per heavy atom. The summed E-state index contributed by atoms with van der Waals surface area (Å²) in [6.45, 7) is -0.218. The third-order valence-electron chi connectivity index (χ3n) is 4.45. The van der Waals surface area contributed by atoms with E-state index in [1.54, 1.807) is 30.3 Å². The van der Waals surface area contributed by atoms with Crippen molar-refractivity contribution in [3.63, 3.8) is 0 Å². The van der Waals surface area contributed by atoms with Crippen LogP contribution in [0, 0.1) is 10.1 Å². The minimum absolute atomic E-state index is 0.0254. The van der Waals surface area contributed by atoms with E-state index in [9.17, 15) is 23.3 Å². The number of nitrogens with one attached hydrogen (secondary N) is 1. The molecule has 1 N–H and O–H groups in total. The molecule has 0 aromatic heterocycles. The quantitative estimate of drug-likeness (QED) is 0.190. The highest BCUT2D eigenvalue weighted by molar-refractivity contribution is 7.99. The predicted octanol–water partition coefficient (Wildman–Crippen LogP) is 4.35. The SMILES string of the molecule is O=C(CN(c1cccc([N+](=O)[O-])c1)S(=O)(=O)c1ccccc1)NCCSc1ccc(Cl)cc1. The molecule has 0 radical (unpaired) electrons. The molecule has 11 heteroatoms. The summed E-state index contributed by atoms with van der Waals surface area (Å²) >= 11 is 7.38. The summed E-state index contributed by atoms with van der Waals surface area (Å²) in [4.78, 5) is 24.1. The number of hydrogen-bond acceptors (Lipinski definition) is 6. The fourth-order valence-electron chi connectivity index (χ4n) is 2.87. The Balaban J connectivity index is 1.74. The molecule has 0 bridgehead atoms. The maximum atomic E-state index is 13.3. The molecule has 172 valence electrons. The standard InChI is InChI=1S/C22H20ClN3O5S2/c23-17-9-11-20(12-10-17)32-14-13-24-22(27)16-25(18-5-4-6-19(15-18)26(28)29)33(30,31)21-7-2-1-3-8-21/h1-12,15H,13-14,16H2,(H,24,27). The molecule has 0 atom stereocenters. The molecule has 0 saturated carbocycles. The van der Waals surface area contributed by atoms with Crippen molar-refractivity contribution < 1.29 is 18.1 Å². The van der Waals surface area contributed by atoms with Crippen molar-refractivity contribution >= 4 is 50.7 Å². The van der Waals surface area contributed by atoms with Gasteiger partial charge in [-0.1, -0.05) is 35.9 Å². The number of anilines is 1. The van der Waals surface area contributed by atoms with Crippen LogP contribution in [-0.2, 0) is 14.8 Å². The molecule has 0 saturated heterocycles. The van der Waals surface area contributed by atoms with Crippen LogP contribution in [0.25, 0.3) is 0 Å². The molecule has 3 rings (SSSR count). The lowest BCUT2D eigenvalue weighted by molar-refractivity contribution is -0.384. The first kappa shape index (κ1) is 24.6. The minimum atomic E-state index is -4.14. The Kier molecular flexibility index (Phi) is 8.32. The Hall–Kier alpha value is -3.08. The van der Waals surface area contributed by atoms with Crippen LogP contribution in [0.2, 0.25) is 5.02 Å². The third-order valence-corrected chi connectivity index (χ3v) is 7.51. The molecule has 0 unspecified atom stereocenters. The van der Waals surface area contributed by atoms with Gasteiger partial charge in [-0.25, -0.2) is 8.42 Å². The molecule has 0 fully saturated rings. The van der Waals surface area contributed by atoms with E-state index < -0.39 is 27.4 Å². The van der Waals surface area contributed by atoms with E-state index in [1.165, 1.54) is 42.1 Å². The van der Waals surface area contributed by atoms with Gasteiger partial charge in [0.1, 0.15) is 6.54 Å². The van der Waals surface area contributed by atoms with E-state index in [4.69, 9.17) is 11.6 Å². The van der Waals surface area contributed by atoms with Crippen LogP contribution in [0.1, 0.15) is 0 Å². The van der Waals surface area contributed by atoms with Crippen LogP contribution in [-0.4, -0.2) is 38.1 Å². The van der Waals surface area contributed by atoms with Crippen molar-refractivity contribution in [2.75, 3.05) is 23.1 Å². The van der Waals surface area contributed by atoms with Gasteiger partial charge in [0.05, 0.1) is 15.5 Å². The second kappa shape index (κ2) is 11.2. The fourth-order valence-corrected chi connectivity index (χ4v) is 5.20. The van der Waals surface area contributed by atoms with Crippen molar-refractivity contribution in [3.8, 4) is 0 Å². The Morgan fingerprint density at radius 2 is 1.73 bits per heavy atom. The predicted molar refractivity (Wildman–Crippen MR) is 129 cm³/mol. The van der Waals surface area contributed by atoms with Crippen molar-refractivity contribution in [2.24, 2.45) is 0 Å². The van der Waals surface area contributed by atoms with Gasteiger partial charge in [-0.2, -0.15) is 0 Å². The van der Waals surface area contributed by atoms with Gasteiger partial charge in [0.25, 0.3) is 15.7 Å². The van der Waals surface area contributed by atoms with Crippen molar-refractivity contribution in [1.82, 2.24) is 5.32 Å². The first-order valence-corrected chi connectivity index (χ1v) is 12.5.